The number of aromatic nitrogens is 2. The summed E-state index contributed by atoms with van der Waals surface area (Å²) in [6.45, 7) is 3.50. The fraction of sp³-hybridized carbons (Fsp3) is 0.353. The highest BCUT2D eigenvalue weighted by Gasteiger charge is 2.31. The van der Waals surface area contributed by atoms with Crippen molar-refractivity contribution in [2.75, 3.05) is 0 Å². The molecule has 2 rings (SSSR count). The number of nitrogens with one attached hydrogen (secondary N) is 1. The predicted molar refractivity (Wildman–Crippen MR) is 86.9 cm³/mol. The monoisotopic (exact) mass is 369 g/mol. The minimum atomic E-state index is -4.49. The third kappa shape index (κ3) is 4.41. The van der Waals surface area contributed by atoms with Crippen molar-refractivity contribution in [1.82, 2.24) is 15.1 Å². The fourth-order valence-electron chi connectivity index (χ4n) is 2.31. The molecule has 2 aromatic rings. The molecule has 1 aromatic carbocycles. The SMILES string of the molecule is CCC(C)C(NC(=O)c1ccn(-c2cccc(C(F)(F)F)c2)n1)C(=O)O. The van der Waals surface area contributed by atoms with Crippen LogP contribution in [0.1, 0.15) is 36.3 Å². The van der Waals surface area contributed by atoms with Crippen LogP contribution in [0.25, 0.3) is 5.69 Å². The molecule has 0 saturated heterocycles. The molecule has 1 aromatic heterocycles. The Kier molecular flexibility index (Phi) is 5.69. The van der Waals surface area contributed by atoms with Gasteiger partial charge in [-0.2, -0.15) is 18.3 Å². The van der Waals surface area contributed by atoms with E-state index in [1.807, 2.05) is 0 Å². The molecule has 2 N–H and O–H groups in total. The van der Waals surface area contributed by atoms with Crippen LogP contribution in [0.3, 0.4) is 0 Å². The van der Waals surface area contributed by atoms with Gasteiger partial charge in [0.15, 0.2) is 5.69 Å². The lowest BCUT2D eigenvalue weighted by molar-refractivity contribution is -0.140. The molecule has 0 radical (unpaired) electrons. The van der Waals surface area contributed by atoms with E-state index in [-0.39, 0.29) is 17.3 Å². The van der Waals surface area contributed by atoms with Crippen LogP contribution in [0.4, 0.5) is 13.2 Å². The number of carbonyl (C=O) groups excluding carboxylic acids is 1. The maximum atomic E-state index is 12.8. The summed E-state index contributed by atoms with van der Waals surface area (Å²) in [5.74, 6) is -2.16. The van der Waals surface area contributed by atoms with E-state index in [1.165, 1.54) is 24.4 Å². The first-order chi connectivity index (χ1) is 12.1. The summed E-state index contributed by atoms with van der Waals surface area (Å²) < 4.78 is 39.5. The van der Waals surface area contributed by atoms with Gasteiger partial charge in [0.2, 0.25) is 0 Å². The molecule has 26 heavy (non-hydrogen) atoms. The van der Waals surface area contributed by atoms with Gasteiger partial charge < -0.3 is 10.4 Å². The summed E-state index contributed by atoms with van der Waals surface area (Å²) in [7, 11) is 0. The first kappa shape index (κ1) is 19.5. The Labute approximate surface area is 147 Å². The van der Waals surface area contributed by atoms with Crippen LogP contribution in [0.2, 0.25) is 0 Å². The van der Waals surface area contributed by atoms with Gasteiger partial charge in [0.1, 0.15) is 6.04 Å². The molecule has 2 atom stereocenters. The maximum Gasteiger partial charge on any atom is 0.416 e. The van der Waals surface area contributed by atoms with Gasteiger partial charge in [-0.3, -0.25) is 4.79 Å². The van der Waals surface area contributed by atoms with Crippen LogP contribution < -0.4 is 5.32 Å². The largest absolute Gasteiger partial charge is 0.480 e. The highest BCUT2D eigenvalue weighted by Crippen LogP contribution is 2.30. The third-order valence-electron chi connectivity index (χ3n) is 4.03. The van der Waals surface area contributed by atoms with E-state index in [2.05, 4.69) is 10.4 Å². The normalized spacial score (nSPS) is 13.9. The van der Waals surface area contributed by atoms with Crippen molar-refractivity contribution >= 4 is 11.9 Å². The molecule has 1 amide bonds. The number of carboxylic acids is 1. The lowest BCUT2D eigenvalue weighted by atomic mass is 9.99. The standard InChI is InChI=1S/C17H18F3N3O3/c1-3-10(2)14(16(25)26)21-15(24)13-7-8-23(22-13)12-6-4-5-11(9-12)17(18,19)20/h4-10,14H,3H2,1-2H3,(H,21,24)(H,25,26). The van der Waals surface area contributed by atoms with Gasteiger partial charge in [-0.1, -0.05) is 26.3 Å². The van der Waals surface area contributed by atoms with Gasteiger partial charge in [-0.15, -0.1) is 0 Å². The number of carbonyl (C=O) groups is 2. The number of amides is 1. The zero-order valence-corrected chi connectivity index (χ0v) is 14.1. The summed E-state index contributed by atoms with van der Waals surface area (Å²) in [5.41, 5.74) is -0.785. The average Bonchev–Trinajstić information content (AvgIpc) is 3.08. The summed E-state index contributed by atoms with van der Waals surface area (Å²) in [6.07, 6.45) is -2.60. The molecule has 0 spiro atoms. The molecule has 0 aliphatic heterocycles. The summed E-state index contributed by atoms with van der Waals surface area (Å²) in [4.78, 5) is 23.5. The van der Waals surface area contributed by atoms with Crippen molar-refractivity contribution in [3.63, 3.8) is 0 Å². The predicted octanol–water partition coefficient (Wildman–Crippen LogP) is 3.12. The van der Waals surface area contributed by atoms with E-state index >= 15 is 0 Å². The van der Waals surface area contributed by atoms with Crippen molar-refractivity contribution in [3.05, 3.63) is 47.8 Å². The highest BCUT2D eigenvalue weighted by atomic mass is 19.4. The molecule has 0 saturated carbocycles. The molecule has 0 aliphatic rings. The Morgan fingerprint density at radius 3 is 2.58 bits per heavy atom. The van der Waals surface area contributed by atoms with E-state index in [4.69, 9.17) is 0 Å². The number of rotatable bonds is 6. The van der Waals surface area contributed by atoms with Crippen LogP contribution in [-0.2, 0) is 11.0 Å². The van der Waals surface area contributed by atoms with E-state index < -0.39 is 29.7 Å². The Balaban J connectivity index is 2.22. The second kappa shape index (κ2) is 7.59. The number of alkyl halides is 3. The van der Waals surface area contributed by atoms with Gasteiger partial charge in [0.05, 0.1) is 11.3 Å². The molecule has 140 valence electrons. The van der Waals surface area contributed by atoms with E-state index in [0.717, 1.165) is 16.8 Å². The molecule has 0 aliphatic carbocycles. The highest BCUT2D eigenvalue weighted by molar-refractivity contribution is 5.95. The van der Waals surface area contributed by atoms with Gasteiger partial charge in [0.25, 0.3) is 5.91 Å². The molecule has 9 heteroatoms. The van der Waals surface area contributed by atoms with E-state index in [1.54, 1.807) is 13.8 Å². The van der Waals surface area contributed by atoms with Crippen molar-refractivity contribution in [3.8, 4) is 5.69 Å². The fourth-order valence-corrected chi connectivity index (χ4v) is 2.31. The Morgan fingerprint density at radius 1 is 1.31 bits per heavy atom. The van der Waals surface area contributed by atoms with Crippen LogP contribution >= 0.6 is 0 Å². The number of benzene rings is 1. The minimum absolute atomic E-state index is 0.0861. The number of hydrogen-bond donors (Lipinski definition) is 2. The van der Waals surface area contributed by atoms with Crippen LogP contribution in [0, 0.1) is 5.92 Å². The van der Waals surface area contributed by atoms with Crippen molar-refractivity contribution in [1.29, 1.82) is 0 Å². The number of aliphatic carboxylic acids is 1. The number of hydrogen-bond acceptors (Lipinski definition) is 3. The van der Waals surface area contributed by atoms with Gasteiger partial charge in [-0.25, -0.2) is 9.48 Å². The molecular weight excluding hydrogens is 351 g/mol. The zero-order valence-electron chi connectivity index (χ0n) is 14.1. The van der Waals surface area contributed by atoms with Crippen molar-refractivity contribution in [2.45, 2.75) is 32.5 Å². The van der Waals surface area contributed by atoms with E-state index in [9.17, 15) is 27.9 Å². The Morgan fingerprint density at radius 2 is 2.00 bits per heavy atom. The molecule has 1 heterocycles. The second-order valence-electron chi connectivity index (χ2n) is 5.87. The van der Waals surface area contributed by atoms with E-state index in [0.29, 0.717) is 6.42 Å². The maximum absolute atomic E-state index is 12.8. The van der Waals surface area contributed by atoms with Crippen LogP contribution in [0.15, 0.2) is 36.5 Å². The van der Waals surface area contributed by atoms with Gasteiger partial charge in [-0.05, 0) is 30.2 Å². The first-order valence-electron chi connectivity index (χ1n) is 7.90. The van der Waals surface area contributed by atoms with Crippen molar-refractivity contribution < 1.29 is 27.9 Å². The number of nitrogens with zero attached hydrogens (tertiary/aromatic N) is 2. The third-order valence-corrected chi connectivity index (χ3v) is 4.03. The van der Waals surface area contributed by atoms with Gasteiger partial charge >= 0.3 is 12.1 Å². The number of carboxylic acid groups (broad SMARTS) is 1. The smallest absolute Gasteiger partial charge is 0.416 e. The van der Waals surface area contributed by atoms with Crippen LogP contribution in [-0.4, -0.2) is 32.8 Å². The Bertz CT molecular complexity index is 802. The molecular formula is C17H18F3N3O3. The second-order valence-corrected chi connectivity index (χ2v) is 5.87. The van der Waals surface area contributed by atoms with Crippen molar-refractivity contribution in [2.24, 2.45) is 5.92 Å². The average molecular weight is 369 g/mol. The van der Waals surface area contributed by atoms with Gasteiger partial charge in [0, 0.05) is 6.20 Å². The van der Waals surface area contributed by atoms with Crippen LogP contribution in [0.5, 0.6) is 0 Å². The summed E-state index contributed by atoms with van der Waals surface area (Å²) in [6, 6.07) is 4.74. The molecule has 0 fully saturated rings. The minimum Gasteiger partial charge on any atom is -0.480 e. The first-order valence-corrected chi connectivity index (χ1v) is 7.90. The topological polar surface area (TPSA) is 84.2 Å². The summed E-state index contributed by atoms with van der Waals surface area (Å²) in [5, 5.41) is 15.5. The molecule has 6 nitrogen and oxygen atoms in total. The lowest BCUT2D eigenvalue weighted by Gasteiger charge is -2.19. The number of halogens is 3. The lowest BCUT2D eigenvalue weighted by Crippen LogP contribution is -2.45. The Hall–Kier alpha value is -2.84. The summed E-state index contributed by atoms with van der Waals surface area (Å²) >= 11 is 0. The molecule has 2 unspecified atom stereocenters. The quantitative estimate of drug-likeness (QED) is 0.819. The zero-order chi connectivity index (χ0) is 19.5. The molecule has 0 bridgehead atoms.